The SMILES string of the molecule is CCCn1c(=O)c2ccccc2n2c(=S)n(CN(C3CCCC3)C3CC3)nc12. The van der Waals surface area contributed by atoms with Crippen molar-refractivity contribution in [2.45, 2.75) is 77.2 Å². The maximum Gasteiger partial charge on any atom is 0.262 e. The van der Waals surface area contributed by atoms with Crippen LogP contribution in [0.5, 0.6) is 0 Å². The summed E-state index contributed by atoms with van der Waals surface area (Å²) in [5, 5.41) is 5.56. The van der Waals surface area contributed by atoms with E-state index < -0.39 is 0 Å². The molecule has 6 nitrogen and oxygen atoms in total. The summed E-state index contributed by atoms with van der Waals surface area (Å²) in [5.41, 5.74) is 0.872. The third-order valence-corrected chi connectivity index (χ3v) is 6.63. The van der Waals surface area contributed by atoms with E-state index in [1.807, 2.05) is 33.3 Å². The number of para-hydroxylation sites is 1. The second kappa shape index (κ2) is 7.12. The molecule has 2 aromatic heterocycles. The molecule has 2 aliphatic rings. The number of benzene rings is 1. The normalized spacial score (nSPS) is 18.1. The molecule has 28 heavy (non-hydrogen) atoms. The van der Waals surface area contributed by atoms with Crippen LogP contribution >= 0.6 is 12.2 Å². The Morgan fingerprint density at radius 3 is 2.57 bits per heavy atom. The molecule has 2 heterocycles. The number of rotatable bonds is 6. The zero-order valence-electron chi connectivity index (χ0n) is 16.4. The third-order valence-electron chi connectivity index (χ3n) is 6.24. The van der Waals surface area contributed by atoms with E-state index in [9.17, 15) is 4.79 Å². The van der Waals surface area contributed by atoms with Gasteiger partial charge in [0.2, 0.25) is 10.5 Å². The zero-order valence-corrected chi connectivity index (χ0v) is 17.2. The molecule has 0 N–H and O–H groups in total. The minimum Gasteiger partial charge on any atom is -0.278 e. The van der Waals surface area contributed by atoms with E-state index >= 15 is 0 Å². The quantitative estimate of drug-likeness (QED) is 0.591. The first kappa shape index (κ1) is 18.1. The summed E-state index contributed by atoms with van der Waals surface area (Å²) in [6.45, 7) is 3.46. The number of fused-ring (bicyclic) bond motifs is 3. The molecule has 3 aromatic rings. The van der Waals surface area contributed by atoms with Crippen molar-refractivity contribution in [3.05, 3.63) is 39.4 Å². The van der Waals surface area contributed by atoms with Crippen LogP contribution in [0, 0.1) is 4.77 Å². The Morgan fingerprint density at radius 2 is 1.86 bits per heavy atom. The fourth-order valence-electron chi connectivity index (χ4n) is 4.71. The van der Waals surface area contributed by atoms with Crippen molar-refractivity contribution in [1.82, 2.24) is 23.6 Å². The first-order valence-electron chi connectivity index (χ1n) is 10.6. The van der Waals surface area contributed by atoms with Crippen LogP contribution in [0.4, 0.5) is 0 Å². The standard InChI is InChI=1S/C21H27N5OS/c1-2-13-23-19(27)17-9-5-6-10-18(17)26-20(23)22-25(21(26)28)14-24(16-11-12-16)15-7-3-4-8-15/h5-6,9-10,15-16H,2-4,7-8,11-14H2,1H3. The molecule has 2 saturated carbocycles. The van der Waals surface area contributed by atoms with Gasteiger partial charge in [0.25, 0.3) is 5.56 Å². The highest BCUT2D eigenvalue weighted by molar-refractivity contribution is 7.71. The van der Waals surface area contributed by atoms with Crippen molar-refractivity contribution >= 4 is 28.9 Å². The molecular formula is C21H27N5OS. The van der Waals surface area contributed by atoms with Gasteiger partial charge in [0, 0.05) is 18.6 Å². The topological polar surface area (TPSA) is 47.5 Å². The lowest BCUT2D eigenvalue weighted by Gasteiger charge is -2.28. The largest absolute Gasteiger partial charge is 0.278 e. The molecule has 0 bridgehead atoms. The van der Waals surface area contributed by atoms with Crippen molar-refractivity contribution in [2.75, 3.05) is 0 Å². The van der Waals surface area contributed by atoms with E-state index in [0.717, 1.165) is 18.6 Å². The molecule has 2 fully saturated rings. The number of aryl methyl sites for hydroxylation is 1. The third kappa shape index (κ3) is 2.92. The maximum absolute atomic E-state index is 13.1. The summed E-state index contributed by atoms with van der Waals surface area (Å²) in [6.07, 6.45) is 8.64. The summed E-state index contributed by atoms with van der Waals surface area (Å²) in [4.78, 5) is 15.7. The van der Waals surface area contributed by atoms with E-state index in [2.05, 4.69) is 11.8 Å². The Bertz CT molecular complexity index is 1130. The van der Waals surface area contributed by atoms with Crippen molar-refractivity contribution in [2.24, 2.45) is 0 Å². The summed E-state index contributed by atoms with van der Waals surface area (Å²) in [5.74, 6) is 0.665. The smallest absolute Gasteiger partial charge is 0.262 e. The Hall–Kier alpha value is -1.99. The molecule has 5 rings (SSSR count). The predicted octanol–water partition coefficient (Wildman–Crippen LogP) is 3.95. The van der Waals surface area contributed by atoms with Crippen molar-refractivity contribution in [1.29, 1.82) is 0 Å². The summed E-state index contributed by atoms with van der Waals surface area (Å²) in [7, 11) is 0. The Labute approximate surface area is 169 Å². The molecule has 0 aliphatic heterocycles. The molecule has 7 heteroatoms. The second-order valence-electron chi connectivity index (χ2n) is 8.22. The lowest BCUT2D eigenvalue weighted by Crippen LogP contribution is -2.37. The van der Waals surface area contributed by atoms with Crippen molar-refractivity contribution < 1.29 is 0 Å². The average molecular weight is 398 g/mol. The van der Waals surface area contributed by atoms with Crippen molar-refractivity contribution in [3.63, 3.8) is 0 Å². The summed E-state index contributed by atoms with van der Waals surface area (Å²) in [6, 6.07) is 9.04. The van der Waals surface area contributed by atoms with Crippen LogP contribution in [0.15, 0.2) is 29.1 Å². The van der Waals surface area contributed by atoms with Gasteiger partial charge in [-0.1, -0.05) is 31.9 Å². The number of aromatic nitrogens is 4. The van der Waals surface area contributed by atoms with Gasteiger partial charge in [0.15, 0.2) is 0 Å². The zero-order chi connectivity index (χ0) is 19.3. The molecule has 148 valence electrons. The van der Waals surface area contributed by atoms with E-state index in [0.29, 0.717) is 34.6 Å². The molecule has 0 radical (unpaired) electrons. The minimum atomic E-state index is 0.0203. The van der Waals surface area contributed by atoms with Gasteiger partial charge in [-0.2, -0.15) is 0 Å². The van der Waals surface area contributed by atoms with Gasteiger partial charge in [0.1, 0.15) is 0 Å². The summed E-state index contributed by atoms with van der Waals surface area (Å²) < 4.78 is 6.40. The molecular weight excluding hydrogens is 370 g/mol. The number of hydrogen-bond acceptors (Lipinski definition) is 4. The second-order valence-corrected chi connectivity index (χ2v) is 8.58. The van der Waals surface area contributed by atoms with E-state index in [1.54, 1.807) is 4.57 Å². The molecule has 1 aromatic carbocycles. The van der Waals surface area contributed by atoms with Crippen LogP contribution in [0.1, 0.15) is 51.9 Å². The lowest BCUT2D eigenvalue weighted by atomic mass is 10.2. The molecule has 0 unspecified atom stereocenters. The first-order valence-corrected chi connectivity index (χ1v) is 11.0. The molecule has 0 saturated heterocycles. The van der Waals surface area contributed by atoms with E-state index in [1.165, 1.54) is 38.5 Å². The van der Waals surface area contributed by atoms with Crippen LogP contribution in [-0.4, -0.2) is 35.7 Å². The fourth-order valence-corrected chi connectivity index (χ4v) is 4.99. The van der Waals surface area contributed by atoms with Crippen LogP contribution in [-0.2, 0) is 13.2 Å². The fraction of sp³-hybridized carbons (Fsp3) is 0.571. The Balaban J connectivity index is 1.67. The van der Waals surface area contributed by atoms with Crippen molar-refractivity contribution in [3.8, 4) is 0 Å². The molecule has 2 aliphatic carbocycles. The molecule has 0 amide bonds. The Kier molecular flexibility index (Phi) is 4.59. The van der Waals surface area contributed by atoms with E-state index in [-0.39, 0.29) is 5.56 Å². The molecule has 0 atom stereocenters. The monoisotopic (exact) mass is 397 g/mol. The minimum absolute atomic E-state index is 0.0203. The van der Waals surface area contributed by atoms with Crippen LogP contribution in [0.25, 0.3) is 16.7 Å². The summed E-state index contributed by atoms with van der Waals surface area (Å²) >= 11 is 5.86. The lowest BCUT2D eigenvalue weighted by molar-refractivity contribution is 0.134. The van der Waals surface area contributed by atoms with Gasteiger partial charge in [-0.15, -0.1) is 5.10 Å². The van der Waals surface area contributed by atoms with Gasteiger partial charge in [-0.05, 0) is 56.5 Å². The van der Waals surface area contributed by atoms with Gasteiger partial charge < -0.3 is 0 Å². The molecule has 0 spiro atoms. The van der Waals surface area contributed by atoms with Crippen LogP contribution in [0.2, 0.25) is 0 Å². The number of hydrogen-bond donors (Lipinski definition) is 0. The highest BCUT2D eigenvalue weighted by Gasteiger charge is 2.35. The first-order chi connectivity index (χ1) is 13.7. The highest BCUT2D eigenvalue weighted by atomic mass is 32.1. The van der Waals surface area contributed by atoms with Crippen LogP contribution < -0.4 is 5.56 Å². The predicted molar refractivity (Wildman–Crippen MR) is 113 cm³/mol. The van der Waals surface area contributed by atoms with Gasteiger partial charge in [0.05, 0.1) is 17.6 Å². The average Bonchev–Trinajstić information content (AvgIpc) is 3.30. The maximum atomic E-state index is 13.1. The Morgan fingerprint density at radius 1 is 1.14 bits per heavy atom. The van der Waals surface area contributed by atoms with Crippen LogP contribution in [0.3, 0.4) is 0 Å². The number of nitrogens with zero attached hydrogens (tertiary/aromatic N) is 5. The van der Waals surface area contributed by atoms with E-state index in [4.69, 9.17) is 17.3 Å². The van der Waals surface area contributed by atoms with Gasteiger partial charge >= 0.3 is 0 Å². The van der Waals surface area contributed by atoms with Gasteiger partial charge in [-0.3, -0.25) is 18.7 Å². The van der Waals surface area contributed by atoms with Gasteiger partial charge in [-0.25, -0.2) is 4.68 Å². The highest BCUT2D eigenvalue weighted by Crippen LogP contribution is 2.34.